The molecule has 0 aliphatic heterocycles. The van der Waals surface area contributed by atoms with E-state index in [2.05, 4.69) is 4.74 Å². The minimum absolute atomic E-state index is 0.0789. The van der Waals surface area contributed by atoms with Crippen LogP contribution in [0.1, 0.15) is 33.5 Å². The Morgan fingerprint density at radius 3 is 2.39 bits per heavy atom. The number of rotatable bonds is 7. The van der Waals surface area contributed by atoms with Crippen LogP contribution in [0, 0.1) is 0 Å². The highest BCUT2D eigenvalue weighted by Crippen LogP contribution is 2.31. The van der Waals surface area contributed by atoms with Crippen molar-refractivity contribution in [2.75, 3.05) is 20.4 Å². The molecule has 2 rings (SSSR count). The van der Waals surface area contributed by atoms with Gasteiger partial charge in [0.2, 0.25) is 0 Å². The van der Waals surface area contributed by atoms with Crippen molar-refractivity contribution in [3.8, 4) is 11.5 Å². The Kier molecular flexibility index (Phi) is 7.03. The van der Waals surface area contributed by atoms with Gasteiger partial charge in [0.05, 0.1) is 26.0 Å². The number of carbonyl (C=O) groups excluding carboxylic acids is 1. The van der Waals surface area contributed by atoms with Gasteiger partial charge in [-0.05, 0) is 29.3 Å². The number of aromatic hydroxyl groups is 1. The van der Waals surface area contributed by atoms with Crippen molar-refractivity contribution in [1.29, 1.82) is 0 Å². The van der Waals surface area contributed by atoms with Crippen LogP contribution >= 0.6 is 0 Å². The summed E-state index contributed by atoms with van der Waals surface area (Å²) in [5.41, 5.74) is -0.210. The Labute approximate surface area is 159 Å². The largest absolute Gasteiger partial charge is 0.507 e. The molecule has 1 N–H and O–H groups in total. The summed E-state index contributed by atoms with van der Waals surface area (Å²) in [6.45, 7) is -0.484. The third-order valence-electron chi connectivity index (χ3n) is 3.75. The van der Waals surface area contributed by atoms with Gasteiger partial charge in [-0.1, -0.05) is 24.3 Å². The van der Waals surface area contributed by atoms with E-state index >= 15 is 0 Å². The minimum Gasteiger partial charge on any atom is -0.507 e. The zero-order chi connectivity index (χ0) is 20.7. The molecule has 0 heterocycles. The van der Waals surface area contributed by atoms with Gasteiger partial charge in [-0.2, -0.15) is 13.2 Å². The van der Waals surface area contributed by atoms with Crippen molar-refractivity contribution in [3.05, 3.63) is 58.7 Å². The first kappa shape index (κ1) is 21.3. The highest BCUT2D eigenvalue weighted by molar-refractivity contribution is 5.98. The van der Waals surface area contributed by atoms with Crippen LogP contribution in [0.15, 0.2) is 36.4 Å². The number of phenols is 1. The Hall–Kier alpha value is -3.03. The first-order chi connectivity index (χ1) is 13.3. The lowest BCUT2D eigenvalue weighted by Gasteiger charge is -2.11. The van der Waals surface area contributed by atoms with Gasteiger partial charge in [0, 0.05) is 12.5 Å². The fourth-order valence-electron chi connectivity index (χ4n) is 2.37. The topological polar surface area (TPSA) is 55.8 Å². The lowest BCUT2D eigenvalue weighted by molar-refractivity contribution is -0.137. The number of benzene rings is 2. The normalized spacial score (nSPS) is 11.6. The van der Waals surface area contributed by atoms with Gasteiger partial charge in [0.15, 0.2) is 0 Å². The third-order valence-corrected chi connectivity index (χ3v) is 3.75. The first-order valence-electron chi connectivity index (χ1n) is 8.25. The van der Waals surface area contributed by atoms with Crippen LogP contribution < -0.4 is 4.74 Å². The number of carbonyl (C=O) groups is 1. The standard InChI is InChI=1S/C20H18F4O4/c1-27-19(26)18-14(11-16(12-17(18)25)28-10-2-9-21)6-3-13-4-7-15(8-5-13)20(22,23)24/h3-8,11-12,25H,2,9-10H2,1H3. The van der Waals surface area contributed by atoms with Crippen LogP contribution in [-0.2, 0) is 10.9 Å². The van der Waals surface area contributed by atoms with Crippen LogP contribution in [0.5, 0.6) is 11.5 Å². The predicted octanol–water partition coefficient (Wildman–Crippen LogP) is 5.11. The Morgan fingerprint density at radius 2 is 1.82 bits per heavy atom. The van der Waals surface area contributed by atoms with Crippen molar-refractivity contribution in [1.82, 2.24) is 0 Å². The van der Waals surface area contributed by atoms with Crippen LogP contribution in [0.25, 0.3) is 12.2 Å². The van der Waals surface area contributed by atoms with E-state index in [9.17, 15) is 27.5 Å². The maximum Gasteiger partial charge on any atom is 0.416 e. The summed E-state index contributed by atoms with van der Waals surface area (Å²) in [4.78, 5) is 12.0. The highest BCUT2D eigenvalue weighted by atomic mass is 19.4. The fraction of sp³-hybridized carbons (Fsp3) is 0.250. The van der Waals surface area contributed by atoms with Gasteiger partial charge >= 0.3 is 12.1 Å². The van der Waals surface area contributed by atoms with Crippen molar-refractivity contribution in [3.63, 3.8) is 0 Å². The molecule has 2 aromatic carbocycles. The molecular weight excluding hydrogens is 380 g/mol. The first-order valence-corrected chi connectivity index (χ1v) is 8.25. The van der Waals surface area contributed by atoms with E-state index in [1.165, 1.54) is 36.4 Å². The van der Waals surface area contributed by atoms with Gasteiger partial charge in [0.25, 0.3) is 0 Å². The molecule has 0 saturated carbocycles. The van der Waals surface area contributed by atoms with Crippen molar-refractivity contribution in [2.45, 2.75) is 12.6 Å². The number of esters is 1. The SMILES string of the molecule is COC(=O)c1c(O)cc(OCCCF)cc1C=Cc1ccc(C(F)(F)F)cc1. The molecule has 0 spiro atoms. The van der Waals surface area contributed by atoms with Crippen LogP contribution in [0.4, 0.5) is 17.6 Å². The summed E-state index contributed by atoms with van der Waals surface area (Å²) in [5, 5.41) is 10.1. The number of ether oxygens (including phenoxy) is 2. The molecule has 150 valence electrons. The maximum atomic E-state index is 12.6. The van der Waals surface area contributed by atoms with E-state index in [0.29, 0.717) is 5.56 Å². The van der Waals surface area contributed by atoms with Crippen LogP contribution in [0.3, 0.4) is 0 Å². The van der Waals surface area contributed by atoms with E-state index in [-0.39, 0.29) is 29.9 Å². The van der Waals surface area contributed by atoms with Gasteiger partial charge < -0.3 is 14.6 Å². The van der Waals surface area contributed by atoms with Crippen LogP contribution in [0.2, 0.25) is 0 Å². The predicted molar refractivity (Wildman–Crippen MR) is 95.9 cm³/mol. The third kappa shape index (κ3) is 5.48. The molecule has 0 amide bonds. The summed E-state index contributed by atoms with van der Waals surface area (Å²) in [6, 6.07) is 7.09. The van der Waals surface area contributed by atoms with E-state index in [4.69, 9.17) is 4.74 Å². The molecule has 0 aromatic heterocycles. The number of methoxy groups -OCH3 is 1. The summed E-state index contributed by atoms with van der Waals surface area (Å²) >= 11 is 0. The number of hydrogen-bond donors (Lipinski definition) is 1. The molecule has 4 nitrogen and oxygen atoms in total. The van der Waals surface area contributed by atoms with E-state index in [1.54, 1.807) is 0 Å². The molecular formula is C20H18F4O4. The Morgan fingerprint density at radius 1 is 1.14 bits per heavy atom. The lowest BCUT2D eigenvalue weighted by Crippen LogP contribution is -2.06. The van der Waals surface area contributed by atoms with E-state index in [0.717, 1.165) is 19.2 Å². The molecule has 2 aromatic rings. The molecule has 28 heavy (non-hydrogen) atoms. The summed E-state index contributed by atoms with van der Waals surface area (Å²) in [7, 11) is 1.15. The Balaban J connectivity index is 2.35. The van der Waals surface area contributed by atoms with Crippen LogP contribution in [-0.4, -0.2) is 31.5 Å². The zero-order valence-electron chi connectivity index (χ0n) is 14.9. The minimum atomic E-state index is -4.43. The monoisotopic (exact) mass is 398 g/mol. The number of phenolic OH excluding ortho intramolecular Hbond substituents is 1. The molecule has 0 aliphatic rings. The molecule has 0 bridgehead atoms. The summed E-state index contributed by atoms with van der Waals surface area (Å²) in [6.07, 6.45) is -1.35. The second-order valence-electron chi connectivity index (χ2n) is 5.74. The molecule has 8 heteroatoms. The maximum absolute atomic E-state index is 12.6. The number of alkyl halides is 4. The highest BCUT2D eigenvalue weighted by Gasteiger charge is 2.29. The smallest absolute Gasteiger partial charge is 0.416 e. The average molecular weight is 398 g/mol. The summed E-state index contributed by atoms with van der Waals surface area (Å²) in [5.74, 6) is -0.970. The average Bonchev–Trinajstić information content (AvgIpc) is 2.65. The number of halogens is 4. The second-order valence-corrected chi connectivity index (χ2v) is 5.74. The van der Waals surface area contributed by atoms with Crippen molar-refractivity contribution < 1.29 is 36.9 Å². The van der Waals surface area contributed by atoms with Gasteiger partial charge in [-0.25, -0.2) is 4.79 Å². The van der Waals surface area contributed by atoms with Crippen molar-refractivity contribution in [2.24, 2.45) is 0 Å². The van der Waals surface area contributed by atoms with E-state index < -0.39 is 30.1 Å². The second kappa shape index (κ2) is 9.25. The quantitative estimate of drug-likeness (QED) is 0.305. The molecule has 0 atom stereocenters. The molecule has 0 saturated heterocycles. The van der Waals surface area contributed by atoms with Gasteiger partial charge in [-0.3, -0.25) is 4.39 Å². The van der Waals surface area contributed by atoms with Gasteiger partial charge in [0.1, 0.15) is 17.1 Å². The van der Waals surface area contributed by atoms with Crippen molar-refractivity contribution >= 4 is 18.1 Å². The lowest BCUT2D eigenvalue weighted by atomic mass is 10.0. The number of hydrogen-bond acceptors (Lipinski definition) is 4. The van der Waals surface area contributed by atoms with Gasteiger partial charge in [-0.15, -0.1) is 0 Å². The fourth-order valence-corrected chi connectivity index (χ4v) is 2.37. The Bertz CT molecular complexity index is 843. The molecule has 0 unspecified atom stereocenters. The molecule has 0 radical (unpaired) electrons. The molecule has 0 aliphatic carbocycles. The molecule has 0 fully saturated rings. The summed E-state index contributed by atoms with van der Waals surface area (Å²) < 4.78 is 60.1. The zero-order valence-corrected chi connectivity index (χ0v) is 14.9. The van der Waals surface area contributed by atoms with E-state index in [1.807, 2.05) is 0 Å².